The number of benzene rings is 1. The number of thioether (sulfide) groups is 1. The number of aromatic nitrogens is 2. The zero-order chi connectivity index (χ0) is 14.4. The molecule has 0 saturated heterocycles. The van der Waals surface area contributed by atoms with Gasteiger partial charge in [-0.05, 0) is 12.5 Å². The molecule has 0 radical (unpaired) electrons. The molecule has 0 unspecified atom stereocenters. The standard InChI is InChI=1S/C13H14ClN3OS2/c1-9(14)12(18)15-13-17-16-11(20-13)8-19-7-10-5-3-2-4-6-10/h2-6,9H,7-8H2,1H3,(H,15,17,18)/t9-/m0/s1. The second-order valence-corrected chi connectivity index (χ2v) is 6.79. The lowest BCUT2D eigenvalue weighted by molar-refractivity contribution is -0.115. The van der Waals surface area contributed by atoms with Gasteiger partial charge in [0, 0.05) is 11.5 Å². The van der Waals surface area contributed by atoms with Gasteiger partial charge in [-0.2, -0.15) is 0 Å². The van der Waals surface area contributed by atoms with Gasteiger partial charge in [0.15, 0.2) is 0 Å². The molecule has 0 spiro atoms. The van der Waals surface area contributed by atoms with Crippen molar-refractivity contribution in [3.8, 4) is 0 Å². The number of alkyl halides is 1. The summed E-state index contributed by atoms with van der Waals surface area (Å²) in [4.78, 5) is 11.4. The van der Waals surface area contributed by atoms with Gasteiger partial charge in [-0.3, -0.25) is 10.1 Å². The fourth-order valence-corrected chi connectivity index (χ4v) is 3.24. The summed E-state index contributed by atoms with van der Waals surface area (Å²) in [6.07, 6.45) is 0. The van der Waals surface area contributed by atoms with Crippen molar-refractivity contribution in [1.82, 2.24) is 10.2 Å². The van der Waals surface area contributed by atoms with Crippen molar-refractivity contribution in [2.75, 3.05) is 5.32 Å². The van der Waals surface area contributed by atoms with Gasteiger partial charge in [-0.25, -0.2) is 0 Å². The van der Waals surface area contributed by atoms with E-state index in [0.717, 1.165) is 16.5 Å². The fraction of sp³-hybridized carbons (Fsp3) is 0.308. The van der Waals surface area contributed by atoms with E-state index in [0.29, 0.717) is 5.13 Å². The number of carbonyl (C=O) groups is 1. The van der Waals surface area contributed by atoms with Crippen molar-refractivity contribution in [3.63, 3.8) is 0 Å². The highest BCUT2D eigenvalue weighted by Crippen LogP contribution is 2.22. The van der Waals surface area contributed by atoms with E-state index in [4.69, 9.17) is 11.6 Å². The summed E-state index contributed by atoms with van der Waals surface area (Å²) in [5.74, 6) is 1.45. The second-order valence-electron chi connectivity index (χ2n) is 4.08. The van der Waals surface area contributed by atoms with Gasteiger partial charge in [-0.15, -0.1) is 33.6 Å². The Bertz CT molecular complexity index is 560. The first-order valence-electron chi connectivity index (χ1n) is 6.04. The minimum Gasteiger partial charge on any atom is -0.299 e. The molecule has 1 aromatic carbocycles. The van der Waals surface area contributed by atoms with E-state index in [1.54, 1.807) is 18.7 Å². The van der Waals surface area contributed by atoms with E-state index in [1.165, 1.54) is 16.9 Å². The monoisotopic (exact) mass is 327 g/mol. The Morgan fingerprint density at radius 1 is 1.35 bits per heavy atom. The number of hydrogen-bond acceptors (Lipinski definition) is 5. The lowest BCUT2D eigenvalue weighted by Crippen LogP contribution is -2.20. The topological polar surface area (TPSA) is 54.9 Å². The van der Waals surface area contributed by atoms with E-state index in [-0.39, 0.29) is 5.91 Å². The van der Waals surface area contributed by atoms with Crippen LogP contribution in [0.2, 0.25) is 0 Å². The molecule has 0 saturated carbocycles. The Kier molecular flexibility index (Phi) is 5.82. The maximum Gasteiger partial charge on any atom is 0.243 e. The zero-order valence-corrected chi connectivity index (χ0v) is 13.3. The van der Waals surface area contributed by atoms with E-state index in [1.807, 2.05) is 18.2 Å². The predicted octanol–water partition coefficient (Wildman–Crippen LogP) is 3.54. The molecule has 4 nitrogen and oxygen atoms in total. The maximum absolute atomic E-state index is 11.4. The van der Waals surface area contributed by atoms with Gasteiger partial charge in [0.1, 0.15) is 10.4 Å². The van der Waals surface area contributed by atoms with Gasteiger partial charge in [0.2, 0.25) is 11.0 Å². The third kappa shape index (κ3) is 4.77. The summed E-state index contributed by atoms with van der Waals surface area (Å²) in [6, 6.07) is 10.3. The molecule has 2 aromatic rings. The van der Waals surface area contributed by atoms with Gasteiger partial charge in [0.25, 0.3) is 0 Å². The van der Waals surface area contributed by atoms with Gasteiger partial charge < -0.3 is 0 Å². The number of anilines is 1. The predicted molar refractivity (Wildman–Crippen MR) is 85.3 cm³/mol. The minimum atomic E-state index is -0.574. The van der Waals surface area contributed by atoms with Gasteiger partial charge in [-0.1, -0.05) is 41.7 Å². The molecule has 0 bridgehead atoms. The van der Waals surface area contributed by atoms with Crippen molar-refractivity contribution < 1.29 is 4.79 Å². The lowest BCUT2D eigenvalue weighted by Gasteiger charge is -2.00. The number of nitrogens with one attached hydrogen (secondary N) is 1. The number of nitrogens with zero attached hydrogens (tertiary/aromatic N) is 2. The fourth-order valence-electron chi connectivity index (χ4n) is 1.40. The lowest BCUT2D eigenvalue weighted by atomic mass is 10.2. The third-order valence-corrected chi connectivity index (χ3v) is 4.63. The summed E-state index contributed by atoms with van der Waals surface area (Å²) >= 11 is 8.82. The molecular weight excluding hydrogens is 314 g/mol. The summed E-state index contributed by atoms with van der Waals surface area (Å²) in [5, 5.41) is 11.4. The number of halogens is 1. The summed E-state index contributed by atoms with van der Waals surface area (Å²) < 4.78 is 0. The minimum absolute atomic E-state index is 0.258. The van der Waals surface area contributed by atoms with Crippen LogP contribution in [-0.2, 0) is 16.3 Å². The Labute approximate surface area is 130 Å². The molecule has 20 heavy (non-hydrogen) atoms. The molecule has 1 amide bonds. The Morgan fingerprint density at radius 2 is 2.10 bits per heavy atom. The molecular formula is C13H14ClN3OS2. The molecule has 1 heterocycles. The van der Waals surface area contributed by atoms with E-state index in [2.05, 4.69) is 27.6 Å². The van der Waals surface area contributed by atoms with Crippen molar-refractivity contribution in [2.45, 2.75) is 23.8 Å². The molecule has 7 heteroatoms. The molecule has 0 aliphatic rings. The van der Waals surface area contributed by atoms with E-state index in [9.17, 15) is 4.79 Å². The highest BCUT2D eigenvalue weighted by molar-refractivity contribution is 7.97. The number of amides is 1. The Morgan fingerprint density at radius 3 is 2.80 bits per heavy atom. The average molecular weight is 328 g/mol. The molecule has 2 rings (SSSR count). The largest absolute Gasteiger partial charge is 0.299 e. The first-order chi connectivity index (χ1) is 9.65. The van der Waals surface area contributed by atoms with Crippen LogP contribution in [0.3, 0.4) is 0 Å². The highest BCUT2D eigenvalue weighted by atomic mass is 35.5. The number of carbonyl (C=O) groups excluding carboxylic acids is 1. The summed E-state index contributed by atoms with van der Waals surface area (Å²) in [6.45, 7) is 1.62. The van der Waals surface area contributed by atoms with E-state index < -0.39 is 5.38 Å². The molecule has 1 N–H and O–H groups in total. The van der Waals surface area contributed by atoms with E-state index >= 15 is 0 Å². The van der Waals surface area contributed by atoms with Crippen molar-refractivity contribution >= 4 is 45.7 Å². The maximum atomic E-state index is 11.4. The first kappa shape index (κ1) is 15.3. The van der Waals surface area contributed by atoms with Crippen LogP contribution in [0.5, 0.6) is 0 Å². The average Bonchev–Trinajstić information content (AvgIpc) is 2.87. The van der Waals surface area contributed by atoms with Crippen LogP contribution in [-0.4, -0.2) is 21.5 Å². The van der Waals surface area contributed by atoms with Crippen molar-refractivity contribution in [1.29, 1.82) is 0 Å². The SMILES string of the molecule is C[C@H](Cl)C(=O)Nc1nnc(CSCc2ccccc2)s1. The van der Waals surface area contributed by atoms with Crippen LogP contribution in [0.4, 0.5) is 5.13 Å². The smallest absolute Gasteiger partial charge is 0.243 e. The van der Waals surface area contributed by atoms with Crippen LogP contribution in [0.15, 0.2) is 30.3 Å². The molecule has 1 atom stereocenters. The normalized spacial score (nSPS) is 12.1. The molecule has 0 fully saturated rings. The molecule has 0 aliphatic heterocycles. The number of rotatable bonds is 6. The van der Waals surface area contributed by atoms with Crippen LogP contribution in [0, 0.1) is 0 Å². The van der Waals surface area contributed by atoms with Crippen LogP contribution in [0.25, 0.3) is 0 Å². The van der Waals surface area contributed by atoms with Crippen LogP contribution < -0.4 is 5.32 Å². The Balaban J connectivity index is 1.80. The quantitative estimate of drug-likeness (QED) is 0.824. The van der Waals surface area contributed by atoms with Crippen LogP contribution >= 0.6 is 34.7 Å². The van der Waals surface area contributed by atoms with Crippen molar-refractivity contribution in [3.05, 3.63) is 40.9 Å². The molecule has 0 aliphatic carbocycles. The third-order valence-electron chi connectivity index (χ3n) is 2.40. The number of hydrogen-bond donors (Lipinski definition) is 1. The van der Waals surface area contributed by atoms with Gasteiger partial charge in [0.05, 0.1) is 0 Å². The summed E-state index contributed by atoms with van der Waals surface area (Å²) in [5.41, 5.74) is 1.28. The zero-order valence-electron chi connectivity index (χ0n) is 10.9. The van der Waals surface area contributed by atoms with Crippen LogP contribution in [0.1, 0.15) is 17.5 Å². The highest BCUT2D eigenvalue weighted by Gasteiger charge is 2.12. The second kappa shape index (κ2) is 7.61. The van der Waals surface area contributed by atoms with Crippen molar-refractivity contribution in [2.24, 2.45) is 0 Å². The Hall–Kier alpha value is -1.11. The molecule has 1 aromatic heterocycles. The first-order valence-corrected chi connectivity index (χ1v) is 8.45. The summed E-state index contributed by atoms with van der Waals surface area (Å²) in [7, 11) is 0. The molecule has 106 valence electrons. The van der Waals surface area contributed by atoms with Gasteiger partial charge >= 0.3 is 0 Å².